The maximum absolute atomic E-state index is 12.8. The molecule has 0 aliphatic carbocycles. The van der Waals surface area contributed by atoms with Gasteiger partial charge in [0.1, 0.15) is 5.82 Å². The van der Waals surface area contributed by atoms with Crippen LogP contribution in [0, 0.1) is 5.82 Å². The second-order valence-electron chi connectivity index (χ2n) is 4.19. The smallest absolute Gasteiger partial charge is 0.334 e. The summed E-state index contributed by atoms with van der Waals surface area (Å²) in [4.78, 5) is 22.3. The third-order valence-electron chi connectivity index (χ3n) is 2.73. The summed E-state index contributed by atoms with van der Waals surface area (Å²) in [6, 6.07) is 4.88. The van der Waals surface area contributed by atoms with Crippen LogP contribution in [-0.2, 0) is 9.53 Å². The van der Waals surface area contributed by atoms with Crippen molar-refractivity contribution in [2.45, 2.75) is 19.1 Å². The molecule has 3 N–H and O–H groups in total. The second kappa shape index (κ2) is 7.44. The Hall–Kier alpha value is -2.15. The fraction of sp³-hybridized carbons (Fsp3) is 0.385. The Morgan fingerprint density at radius 1 is 1.35 bits per heavy atom. The predicted molar refractivity (Wildman–Crippen MR) is 69.8 cm³/mol. The first-order valence-corrected chi connectivity index (χ1v) is 5.99. The van der Waals surface area contributed by atoms with Gasteiger partial charge >= 0.3 is 12.0 Å². The van der Waals surface area contributed by atoms with Crippen LogP contribution in [0.1, 0.15) is 18.5 Å². The van der Waals surface area contributed by atoms with Crippen LogP contribution in [0.2, 0.25) is 0 Å². The standard InChI is InChI=1S/C13H17FN2O4/c1-8(9-3-5-10(14)6-4-9)16-13(19)15-7-11(20-2)12(17)18/h3-6,8,11H,7H2,1-2H3,(H,17,18)(H2,15,16,19). The van der Waals surface area contributed by atoms with Crippen molar-refractivity contribution in [2.24, 2.45) is 0 Å². The molecule has 1 aromatic rings. The van der Waals surface area contributed by atoms with Gasteiger partial charge in [0.2, 0.25) is 0 Å². The zero-order valence-corrected chi connectivity index (χ0v) is 11.2. The molecule has 0 saturated carbocycles. The largest absolute Gasteiger partial charge is 0.479 e. The number of hydrogen-bond donors (Lipinski definition) is 3. The van der Waals surface area contributed by atoms with Crippen LogP contribution in [0.25, 0.3) is 0 Å². The van der Waals surface area contributed by atoms with Crippen LogP contribution < -0.4 is 10.6 Å². The Kier molecular flexibility index (Phi) is 5.92. The van der Waals surface area contributed by atoms with E-state index >= 15 is 0 Å². The number of halogens is 1. The molecule has 0 aliphatic rings. The van der Waals surface area contributed by atoms with Gasteiger partial charge in [-0.3, -0.25) is 0 Å². The molecule has 0 spiro atoms. The lowest BCUT2D eigenvalue weighted by Crippen LogP contribution is -2.43. The third kappa shape index (κ3) is 4.85. The third-order valence-corrected chi connectivity index (χ3v) is 2.73. The van der Waals surface area contributed by atoms with Crippen LogP contribution in [0.3, 0.4) is 0 Å². The topological polar surface area (TPSA) is 87.7 Å². The van der Waals surface area contributed by atoms with Gasteiger partial charge in [0.05, 0.1) is 12.6 Å². The summed E-state index contributed by atoms with van der Waals surface area (Å²) in [6.07, 6.45) is -1.10. The number of urea groups is 1. The molecule has 20 heavy (non-hydrogen) atoms. The lowest BCUT2D eigenvalue weighted by molar-refractivity contribution is -0.147. The van der Waals surface area contributed by atoms with Gasteiger partial charge in [-0.2, -0.15) is 0 Å². The molecule has 7 heteroatoms. The molecule has 6 nitrogen and oxygen atoms in total. The Morgan fingerprint density at radius 3 is 2.45 bits per heavy atom. The van der Waals surface area contributed by atoms with Crippen LogP contribution in [0.15, 0.2) is 24.3 Å². The highest BCUT2D eigenvalue weighted by Gasteiger charge is 2.17. The first-order valence-electron chi connectivity index (χ1n) is 5.99. The molecule has 0 bridgehead atoms. The maximum Gasteiger partial charge on any atom is 0.334 e. The van der Waals surface area contributed by atoms with E-state index in [-0.39, 0.29) is 18.4 Å². The number of hydrogen-bond acceptors (Lipinski definition) is 3. The number of aliphatic carboxylic acids is 1. The minimum Gasteiger partial charge on any atom is -0.479 e. The van der Waals surface area contributed by atoms with Crippen molar-refractivity contribution in [3.63, 3.8) is 0 Å². The zero-order valence-electron chi connectivity index (χ0n) is 11.2. The van der Waals surface area contributed by atoms with Crippen molar-refractivity contribution in [3.05, 3.63) is 35.6 Å². The van der Waals surface area contributed by atoms with Gasteiger partial charge in [0.15, 0.2) is 6.10 Å². The number of rotatable bonds is 6. The number of ether oxygens (including phenoxy) is 1. The van der Waals surface area contributed by atoms with E-state index in [0.29, 0.717) is 0 Å². The monoisotopic (exact) mass is 284 g/mol. The lowest BCUT2D eigenvalue weighted by atomic mass is 10.1. The number of carboxylic acids is 1. The van der Waals surface area contributed by atoms with Crippen molar-refractivity contribution >= 4 is 12.0 Å². The quantitative estimate of drug-likeness (QED) is 0.734. The minimum absolute atomic E-state index is 0.145. The first kappa shape index (κ1) is 15.9. The summed E-state index contributed by atoms with van der Waals surface area (Å²) in [7, 11) is 1.25. The number of benzene rings is 1. The van der Waals surface area contributed by atoms with Gasteiger partial charge in [-0.05, 0) is 24.6 Å². The van der Waals surface area contributed by atoms with Crippen molar-refractivity contribution in [2.75, 3.05) is 13.7 Å². The predicted octanol–water partition coefficient (Wildman–Crippen LogP) is 1.29. The SMILES string of the molecule is COC(CNC(=O)NC(C)c1ccc(F)cc1)C(=O)O. The van der Waals surface area contributed by atoms with E-state index < -0.39 is 18.1 Å². The Balaban J connectivity index is 2.45. The molecule has 0 fully saturated rings. The number of carbonyl (C=O) groups is 2. The molecule has 1 aromatic carbocycles. The lowest BCUT2D eigenvalue weighted by Gasteiger charge is -2.16. The van der Waals surface area contributed by atoms with Crippen LogP contribution in [0.5, 0.6) is 0 Å². The van der Waals surface area contributed by atoms with E-state index in [4.69, 9.17) is 5.11 Å². The van der Waals surface area contributed by atoms with Gasteiger partial charge in [0.25, 0.3) is 0 Å². The van der Waals surface area contributed by atoms with Crippen LogP contribution in [-0.4, -0.2) is 36.9 Å². The van der Waals surface area contributed by atoms with E-state index in [1.807, 2.05) is 0 Å². The number of methoxy groups -OCH3 is 1. The Bertz CT molecular complexity index is 464. The van der Waals surface area contributed by atoms with Gasteiger partial charge in [-0.15, -0.1) is 0 Å². The normalized spacial score (nSPS) is 13.3. The molecule has 0 heterocycles. The Morgan fingerprint density at radius 2 is 1.95 bits per heavy atom. The summed E-state index contributed by atoms with van der Waals surface area (Å²) in [5.74, 6) is -1.51. The van der Waals surface area contributed by atoms with E-state index in [9.17, 15) is 14.0 Å². The average Bonchev–Trinajstić information content (AvgIpc) is 2.39. The molecular formula is C13H17FN2O4. The molecule has 110 valence electrons. The van der Waals surface area contributed by atoms with Crippen LogP contribution in [0.4, 0.5) is 9.18 Å². The molecule has 0 saturated heterocycles. The number of amides is 2. The number of carbonyl (C=O) groups excluding carboxylic acids is 1. The molecule has 0 aliphatic heterocycles. The van der Waals surface area contributed by atoms with Gasteiger partial charge < -0.3 is 20.5 Å². The summed E-state index contributed by atoms with van der Waals surface area (Å²) in [6.45, 7) is 1.59. The first-order chi connectivity index (χ1) is 9.43. The minimum atomic E-state index is -1.15. The van der Waals surface area contributed by atoms with Crippen molar-refractivity contribution in [1.29, 1.82) is 0 Å². The van der Waals surface area contributed by atoms with E-state index in [1.165, 1.54) is 19.2 Å². The molecule has 2 atom stereocenters. The van der Waals surface area contributed by atoms with Crippen molar-refractivity contribution < 1.29 is 23.8 Å². The maximum atomic E-state index is 12.8. The number of nitrogens with one attached hydrogen (secondary N) is 2. The highest BCUT2D eigenvalue weighted by atomic mass is 19.1. The van der Waals surface area contributed by atoms with Crippen LogP contribution >= 0.6 is 0 Å². The molecular weight excluding hydrogens is 267 g/mol. The second-order valence-corrected chi connectivity index (χ2v) is 4.19. The van der Waals surface area contributed by atoms with E-state index in [1.54, 1.807) is 19.1 Å². The van der Waals surface area contributed by atoms with E-state index in [0.717, 1.165) is 5.56 Å². The number of carboxylic acid groups (broad SMARTS) is 1. The van der Waals surface area contributed by atoms with Crippen molar-refractivity contribution in [3.8, 4) is 0 Å². The van der Waals surface area contributed by atoms with Gasteiger partial charge in [-0.25, -0.2) is 14.0 Å². The molecule has 0 radical (unpaired) electrons. The fourth-order valence-corrected chi connectivity index (χ4v) is 1.54. The van der Waals surface area contributed by atoms with E-state index in [2.05, 4.69) is 15.4 Å². The summed E-state index contributed by atoms with van der Waals surface area (Å²) >= 11 is 0. The molecule has 2 unspecified atom stereocenters. The molecule has 1 rings (SSSR count). The summed E-state index contributed by atoms with van der Waals surface area (Å²) in [5.41, 5.74) is 0.739. The fourth-order valence-electron chi connectivity index (χ4n) is 1.54. The highest BCUT2D eigenvalue weighted by molar-refractivity contribution is 5.77. The molecule has 2 amide bonds. The van der Waals surface area contributed by atoms with Crippen molar-refractivity contribution in [1.82, 2.24) is 10.6 Å². The highest BCUT2D eigenvalue weighted by Crippen LogP contribution is 2.12. The Labute approximate surface area is 115 Å². The summed E-state index contributed by atoms with van der Waals surface area (Å²) in [5, 5.41) is 13.7. The molecule has 0 aromatic heterocycles. The van der Waals surface area contributed by atoms with Gasteiger partial charge in [0, 0.05) is 7.11 Å². The van der Waals surface area contributed by atoms with Gasteiger partial charge in [-0.1, -0.05) is 12.1 Å². The average molecular weight is 284 g/mol. The zero-order chi connectivity index (χ0) is 15.1. The summed E-state index contributed by atoms with van der Waals surface area (Å²) < 4.78 is 17.4.